The van der Waals surface area contributed by atoms with E-state index in [9.17, 15) is 4.79 Å². The second-order valence-electron chi connectivity index (χ2n) is 6.29. The molecule has 4 rings (SSSR count). The van der Waals surface area contributed by atoms with E-state index in [4.69, 9.17) is 17.3 Å². The highest BCUT2D eigenvalue weighted by atomic mass is 35.5. The first kappa shape index (κ1) is 14.7. The summed E-state index contributed by atoms with van der Waals surface area (Å²) in [4.78, 5) is 28.3. The van der Waals surface area contributed by atoms with Gasteiger partial charge in [0.15, 0.2) is 0 Å². The Morgan fingerprint density at radius 2 is 2.22 bits per heavy atom. The Bertz CT molecular complexity index is 756. The molecule has 23 heavy (non-hydrogen) atoms. The third-order valence-electron chi connectivity index (χ3n) is 4.84. The number of hydrogen-bond donors (Lipinski definition) is 2. The lowest BCUT2D eigenvalue weighted by Gasteiger charge is -2.43. The molecule has 7 nitrogen and oxygen atoms in total. The van der Waals surface area contributed by atoms with E-state index in [1.54, 1.807) is 12.5 Å². The van der Waals surface area contributed by atoms with Gasteiger partial charge in [-0.15, -0.1) is 0 Å². The number of piperazine rings is 1. The molecule has 1 aliphatic carbocycles. The van der Waals surface area contributed by atoms with Gasteiger partial charge >= 0.3 is 0 Å². The van der Waals surface area contributed by atoms with Crippen molar-refractivity contribution in [2.24, 2.45) is 5.73 Å². The molecular formula is C15H19ClN6O. The maximum absolute atomic E-state index is 12.3. The highest BCUT2D eigenvalue weighted by Gasteiger charge is 2.53. The molecule has 2 fully saturated rings. The fourth-order valence-corrected chi connectivity index (χ4v) is 3.76. The molecule has 0 unspecified atom stereocenters. The highest BCUT2D eigenvalue weighted by Crippen LogP contribution is 2.46. The predicted octanol–water partition coefficient (Wildman–Crippen LogP) is 1.14. The molecule has 0 atom stereocenters. The van der Waals surface area contributed by atoms with E-state index >= 15 is 0 Å². The number of carbonyl (C=O) groups is 1. The minimum Gasteiger partial charge on any atom is -0.352 e. The molecule has 2 aromatic rings. The van der Waals surface area contributed by atoms with Crippen molar-refractivity contribution in [1.29, 1.82) is 0 Å². The molecule has 1 saturated carbocycles. The summed E-state index contributed by atoms with van der Waals surface area (Å²) in [6.45, 7) is 2.63. The molecule has 2 aromatic heterocycles. The van der Waals surface area contributed by atoms with Crippen LogP contribution in [0.25, 0.3) is 11.0 Å². The summed E-state index contributed by atoms with van der Waals surface area (Å²) in [6, 6.07) is 0. The summed E-state index contributed by atoms with van der Waals surface area (Å²) in [6.07, 6.45) is 5.78. The van der Waals surface area contributed by atoms with E-state index < -0.39 is 0 Å². The highest BCUT2D eigenvalue weighted by molar-refractivity contribution is 6.36. The van der Waals surface area contributed by atoms with E-state index in [1.807, 2.05) is 4.90 Å². The van der Waals surface area contributed by atoms with Gasteiger partial charge in [-0.05, 0) is 12.8 Å². The lowest BCUT2D eigenvalue weighted by atomic mass is 10.1. The lowest BCUT2D eigenvalue weighted by molar-refractivity contribution is -0.134. The summed E-state index contributed by atoms with van der Waals surface area (Å²) < 4.78 is 0. The molecule has 3 N–H and O–H groups in total. The van der Waals surface area contributed by atoms with Crippen molar-refractivity contribution >= 4 is 34.4 Å². The van der Waals surface area contributed by atoms with Crippen LogP contribution in [-0.2, 0) is 4.79 Å². The molecule has 1 aliphatic heterocycles. The Morgan fingerprint density at radius 1 is 1.39 bits per heavy atom. The van der Waals surface area contributed by atoms with Gasteiger partial charge in [0.2, 0.25) is 5.91 Å². The SMILES string of the molecule is NCCC(=O)N1CCN(c2ncnc3[nH]cc(Cl)c23)CC12CC2. The molecular weight excluding hydrogens is 316 g/mol. The number of aromatic amines is 1. The number of fused-ring (bicyclic) bond motifs is 1. The number of H-pyrrole nitrogens is 1. The summed E-state index contributed by atoms with van der Waals surface area (Å²) in [5, 5.41) is 1.48. The van der Waals surface area contributed by atoms with Gasteiger partial charge in [-0.3, -0.25) is 4.79 Å². The van der Waals surface area contributed by atoms with Crippen molar-refractivity contribution in [2.75, 3.05) is 31.1 Å². The molecule has 122 valence electrons. The van der Waals surface area contributed by atoms with E-state index in [1.165, 1.54) is 0 Å². The average molecular weight is 335 g/mol. The van der Waals surface area contributed by atoms with Crippen molar-refractivity contribution in [1.82, 2.24) is 19.9 Å². The zero-order valence-electron chi connectivity index (χ0n) is 12.8. The monoisotopic (exact) mass is 334 g/mol. The van der Waals surface area contributed by atoms with Crippen LogP contribution in [0.2, 0.25) is 5.02 Å². The molecule has 2 aliphatic rings. The van der Waals surface area contributed by atoms with E-state index in [-0.39, 0.29) is 11.4 Å². The van der Waals surface area contributed by atoms with Gasteiger partial charge in [0.25, 0.3) is 0 Å². The Morgan fingerprint density at radius 3 is 2.96 bits per heavy atom. The number of nitrogens with two attached hydrogens (primary N) is 1. The predicted molar refractivity (Wildman–Crippen MR) is 88.5 cm³/mol. The van der Waals surface area contributed by atoms with Crippen LogP contribution in [0.15, 0.2) is 12.5 Å². The number of aromatic nitrogens is 3. The van der Waals surface area contributed by atoms with Gasteiger partial charge in [-0.2, -0.15) is 0 Å². The van der Waals surface area contributed by atoms with Crippen molar-refractivity contribution in [2.45, 2.75) is 24.8 Å². The third kappa shape index (κ3) is 2.35. The molecule has 3 heterocycles. The topological polar surface area (TPSA) is 91.1 Å². The van der Waals surface area contributed by atoms with Crippen molar-refractivity contribution in [3.05, 3.63) is 17.5 Å². The minimum absolute atomic E-state index is 0.0510. The molecule has 8 heteroatoms. The maximum atomic E-state index is 12.3. The second kappa shape index (κ2) is 5.35. The van der Waals surface area contributed by atoms with E-state index in [2.05, 4.69) is 19.9 Å². The van der Waals surface area contributed by atoms with Crippen LogP contribution in [0.4, 0.5) is 5.82 Å². The van der Waals surface area contributed by atoms with Crippen LogP contribution in [0.5, 0.6) is 0 Å². The number of amides is 1. The van der Waals surface area contributed by atoms with Crippen LogP contribution in [0.3, 0.4) is 0 Å². The number of hydrogen-bond acceptors (Lipinski definition) is 5. The molecule has 0 radical (unpaired) electrons. The number of carbonyl (C=O) groups excluding carboxylic acids is 1. The first-order valence-corrected chi connectivity index (χ1v) is 8.25. The largest absolute Gasteiger partial charge is 0.352 e. The molecule has 0 bridgehead atoms. The van der Waals surface area contributed by atoms with Crippen molar-refractivity contribution in [3.8, 4) is 0 Å². The first-order chi connectivity index (χ1) is 11.1. The zero-order valence-corrected chi connectivity index (χ0v) is 13.5. The van der Waals surface area contributed by atoms with Gasteiger partial charge in [0.05, 0.1) is 15.9 Å². The van der Waals surface area contributed by atoms with Crippen molar-refractivity contribution in [3.63, 3.8) is 0 Å². The van der Waals surface area contributed by atoms with Crippen LogP contribution in [-0.4, -0.2) is 57.5 Å². The van der Waals surface area contributed by atoms with Gasteiger partial charge in [0.1, 0.15) is 17.8 Å². The number of halogens is 1. The Hall–Kier alpha value is -1.86. The van der Waals surface area contributed by atoms with Crippen LogP contribution in [0.1, 0.15) is 19.3 Å². The van der Waals surface area contributed by atoms with E-state index in [0.717, 1.165) is 42.8 Å². The smallest absolute Gasteiger partial charge is 0.224 e. The summed E-state index contributed by atoms with van der Waals surface area (Å²) in [5.41, 5.74) is 6.23. The van der Waals surface area contributed by atoms with Crippen molar-refractivity contribution < 1.29 is 4.79 Å². The Kier molecular flexibility index (Phi) is 3.42. The summed E-state index contributed by atoms with van der Waals surface area (Å²) >= 11 is 6.29. The normalized spacial score (nSPS) is 19.6. The van der Waals surface area contributed by atoms with E-state index in [0.29, 0.717) is 24.5 Å². The fourth-order valence-electron chi connectivity index (χ4n) is 3.53. The molecule has 1 spiro atoms. The Labute approximate surface area is 138 Å². The van der Waals surface area contributed by atoms with Gasteiger partial charge in [-0.1, -0.05) is 11.6 Å². The third-order valence-corrected chi connectivity index (χ3v) is 5.14. The standard InChI is InChI=1S/C15H19ClN6O/c16-10-7-18-13-12(10)14(20-9-19-13)21-5-6-22(11(23)1-4-17)15(8-21)2-3-15/h7,9H,1-6,8,17H2,(H,18,19,20). The number of rotatable bonds is 3. The number of nitrogens with zero attached hydrogens (tertiary/aromatic N) is 4. The first-order valence-electron chi connectivity index (χ1n) is 7.88. The Balaban J connectivity index is 1.63. The van der Waals surface area contributed by atoms with Gasteiger partial charge in [0, 0.05) is 38.8 Å². The maximum Gasteiger partial charge on any atom is 0.224 e. The fraction of sp³-hybridized carbons (Fsp3) is 0.533. The summed E-state index contributed by atoms with van der Waals surface area (Å²) in [5.74, 6) is 1.01. The average Bonchev–Trinajstić information content (AvgIpc) is 3.20. The zero-order chi connectivity index (χ0) is 16.0. The summed E-state index contributed by atoms with van der Waals surface area (Å²) in [7, 11) is 0. The molecule has 1 saturated heterocycles. The van der Waals surface area contributed by atoms with Gasteiger partial charge < -0.3 is 20.5 Å². The van der Waals surface area contributed by atoms with Crippen LogP contribution >= 0.6 is 11.6 Å². The van der Waals surface area contributed by atoms with Crippen LogP contribution in [0, 0.1) is 0 Å². The quantitative estimate of drug-likeness (QED) is 0.878. The van der Waals surface area contributed by atoms with Gasteiger partial charge in [-0.25, -0.2) is 9.97 Å². The second-order valence-corrected chi connectivity index (χ2v) is 6.69. The molecule has 0 aromatic carbocycles. The lowest BCUT2D eigenvalue weighted by Crippen LogP contribution is -2.57. The van der Waals surface area contributed by atoms with Crippen LogP contribution < -0.4 is 10.6 Å². The number of nitrogens with one attached hydrogen (secondary N) is 1. The molecule has 1 amide bonds. The number of anilines is 1. The minimum atomic E-state index is -0.0510.